The van der Waals surface area contributed by atoms with Gasteiger partial charge in [-0.15, -0.1) is 0 Å². The molecule has 0 spiro atoms. The first kappa shape index (κ1) is 24.0. The molecule has 3 nitrogen and oxygen atoms in total. The molecule has 1 aliphatic heterocycles. The van der Waals surface area contributed by atoms with Crippen molar-refractivity contribution in [1.82, 2.24) is 0 Å². The van der Waals surface area contributed by atoms with E-state index in [0.29, 0.717) is 6.61 Å². The van der Waals surface area contributed by atoms with Crippen molar-refractivity contribution in [2.45, 2.75) is 71.1 Å². The van der Waals surface area contributed by atoms with Gasteiger partial charge in [0.15, 0.2) is 0 Å². The zero-order chi connectivity index (χ0) is 22.8. The van der Waals surface area contributed by atoms with E-state index in [9.17, 15) is 0 Å². The molecule has 0 saturated carbocycles. The van der Waals surface area contributed by atoms with Crippen LogP contribution < -0.4 is 10.4 Å². The monoisotopic (exact) mass is 436 g/mol. The largest absolute Gasteiger partial charge is 0.486 e. The van der Waals surface area contributed by atoms with Crippen LogP contribution in [0.2, 0.25) is 5.04 Å². The third-order valence-electron chi connectivity index (χ3n) is 6.58. The standard InChI is InChI=1S/C26H37BO3Si/c1-24(2,3)31(22-16-10-8-11-17-22,23-18-12-9-13-19-23)28-21-15-14-20-27-29-25(4,5)26(6,7)30-27/h8-14,16-20H,15,21H2,1-7H3/b20-14+. The highest BCUT2D eigenvalue weighted by Crippen LogP contribution is 2.38. The van der Waals surface area contributed by atoms with E-state index in [-0.39, 0.29) is 23.4 Å². The van der Waals surface area contributed by atoms with Crippen LogP contribution in [-0.2, 0) is 13.7 Å². The Morgan fingerprint density at radius 2 is 1.29 bits per heavy atom. The molecule has 1 aliphatic rings. The van der Waals surface area contributed by atoms with Crippen LogP contribution in [0, 0.1) is 0 Å². The lowest BCUT2D eigenvalue weighted by molar-refractivity contribution is 0.00578. The van der Waals surface area contributed by atoms with Gasteiger partial charge < -0.3 is 13.7 Å². The summed E-state index contributed by atoms with van der Waals surface area (Å²) in [5.74, 6) is 2.02. The Morgan fingerprint density at radius 1 is 0.839 bits per heavy atom. The van der Waals surface area contributed by atoms with E-state index in [1.165, 1.54) is 10.4 Å². The normalized spacial score (nSPS) is 18.6. The number of benzene rings is 2. The molecule has 0 amide bonds. The molecule has 3 rings (SSSR count). The van der Waals surface area contributed by atoms with Crippen molar-refractivity contribution in [2.75, 3.05) is 6.61 Å². The molecule has 31 heavy (non-hydrogen) atoms. The fraction of sp³-hybridized carbons (Fsp3) is 0.462. The maximum Gasteiger partial charge on any atom is 0.486 e. The van der Waals surface area contributed by atoms with Crippen molar-refractivity contribution >= 4 is 25.8 Å². The van der Waals surface area contributed by atoms with Crippen LogP contribution in [0.3, 0.4) is 0 Å². The summed E-state index contributed by atoms with van der Waals surface area (Å²) < 4.78 is 19.0. The van der Waals surface area contributed by atoms with E-state index in [0.717, 1.165) is 6.42 Å². The average Bonchev–Trinajstić information content (AvgIpc) is 2.91. The lowest BCUT2D eigenvalue weighted by Crippen LogP contribution is -2.66. The first-order valence-corrected chi connectivity index (χ1v) is 13.2. The lowest BCUT2D eigenvalue weighted by Gasteiger charge is -2.43. The van der Waals surface area contributed by atoms with Gasteiger partial charge in [0.1, 0.15) is 0 Å². The summed E-state index contributed by atoms with van der Waals surface area (Å²) in [6.07, 6.45) is 2.94. The SMILES string of the molecule is CC1(C)OB(/C=C/CCO[Si](c2ccccc2)(c2ccccc2)C(C)(C)C)OC1(C)C. The van der Waals surface area contributed by atoms with Gasteiger partial charge in [0.05, 0.1) is 11.2 Å². The van der Waals surface area contributed by atoms with E-state index in [1.807, 2.05) is 5.98 Å². The lowest BCUT2D eigenvalue weighted by atomic mass is 9.90. The maximum atomic E-state index is 6.92. The van der Waals surface area contributed by atoms with Gasteiger partial charge in [-0.2, -0.15) is 0 Å². The van der Waals surface area contributed by atoms with E-state index >= 15 is 0 Å². The van der Waals surface area contributed by atoms with Crippen molar-refractivity contribution < 1.29 is 13.7 Å². The fourth-order valence-electron chi connectivity index (χ4n) is 4.22. The Morgan fingerprint density at radius 3 is 1.71 bits per heavy atom. The summed E-state index contributed by atoms with van der Waals surface area (Å²) in [7, 11) is -2.78. The topological polar surface area (TPSA) is 27.7 Å². The second kappa shape index (κ2) is 9.07. The molecule has 0 aromatic heterocycles. The van der Waals surface area contributed by atoms with Crippen LogP contribution in [0.4, 0.5) is 0 Å². The molecule has 2 aromatic rings. The number of hydrogen-bond donors (Lipinski definition) is 0. The Bertz CT molecular complexity index is 817. The molecule has 1 saturated heterocycles. The molecule has 5 heteroatoms. The van der Waals surface area contributed by atoms with E-state index in [2.05, 4.69) is 115 Å². The second-order valence-electron chi connectivity index (χ2n) is 10.4. The summed E-state index contributed by atoms with van der Waals surface area (Å²) in [4.78, 5) is 0. The van der Waals surface area contributed by atoms with Crippen LogP contribution >= 0.6 is 0 Å². The fourth-order valence-corrected chi connectivity index (χ4v) is 8.80. The van der Waals surface area contributed by atoms with Gasteiger partial charge in [-0.05, 0) is 49.5 Å². The summed E-state index contributed by atoms with van der Waals surface area (Å²) in [5, 5.41) is 2.61. The van der Waals surface area contributed by atoms with Crippen molar-refractivity contribution in [3.8, 4) is 0 Å². The summed E-state index contributed by atoms with van der Waals surface area (Å²) in [6.45, 7) is 15.9. The minimum absolute atomic E-state index is 0.00879. The van der Waals surface area contributed by atoms with Crippen molar-refractivity contribution in [2.24, 2.45) is 0 Å². The molecule has 0 unspecified atom stereocenters. The third-order valence-corrected chi connectivity index (χ3v) is 11.6. The van der Waals surface area contributed by atoms with Gasteiger partial charge in [-0.3, -0.25) is 0 Å². The Hall–Kier alpha value is -1.66. The zero-order valence-electron chi connectivity index (χ0n) is 20.1. The Labute approximate surface area is 190 Å². The van der Waals surface area contributed by atoms with Crippen LogP contribution in [0.1, 0.15) is 54.9 Å². The summed E-state index contributed by atoms with van der Waals surface area (Å²) in [6, 6.07) is 21.5. The van der Waals surface area contributed by atoms with Crippen molar-refractivity contribution in [3.63, 3.8) is 0 Å². The van der Waals surface area contributed by atoms with Gasteiger partial charge in [-0.1, -0.05) is 93.5 Å². The van der Waals surface area contributed by atoms with Crippen LogP contribution in [-0.4, -0.2) is 33.2 Å². The molecule has 0 atom stereocenters. The first-order chi connectivity index (χ1) is 14.5. The average molecular weight is 436 g/mol. The smallest absolute Gasteiger partial charge is 0.407 e. The first-order valence-electron chi connectivity index (χ1n) is 11.3. The van der Waals surface area contributed by atoms with Gasteiger partial charge in [0, 0.05) is 6.61 Å². The number of hydrogen-bond acceptors (Lipinski definition) is 3. The predicted octanol–water partition coefficient (Wildman–Crippen LogP) is 5.14. The van der Waals surface area contributed by atoms with Crippen LogP contribution in [0.5, 0.6) is 0 Å². The molecule has 0 bridgehead atoms. The molecule has 2 aromatic carbocycles. The molecule has 0 aliphatic carbocycles. The minimum atomic E-state index is -2.47. The van der Waals surface area contributed by atoms with Gasteiger partial charge in [0.25, 0.3) is 8.32 Å². The summed E-state index contributed by atoms with van der Waals surface area (Å²) >= 11 is 0. The van der Waals surface area contributed by atoms with Gasteiger partial charge in [0.2, 0.25) is 0 Å². The highest BCUT2D eigenvalue weighted by atomic mass is 28.4. The molecule has 1 heterocycles. The molecular weight excluding hydrogens is 399 g/mol. The van der Waals surface area contributed by atoms with Crippen LogP contribution in [0.25, 0.3) is 0 Å². The van der Waals surface area contributed by atoms with Crippen molar-refractivity contribution in [1.29, 1.82) is 0 Å². The molecular formula is C26H37BO3Si. The molecule has 0 N–H and O–H groups in total. The van der Waals surface area contributed by atoms with Gasteiger partial charge >= 0.3 is 7.12 Å². The number of rotatable bonds is 7. The predicted molar refractivity (Wildman–Crippen MR) is 133 cm³/mol. The van der Waals surface area contributed by atoms with E-state index < -0.39 is 8.32 Å². The van der Waals surface area contributed by atoms with Crippen molar-refractivity contribution in [3.05, 3.63) is 72.7 Å². The molecule has 0 radical (unpaired) electrons. The zero-order valence-corrected chi connectivity index (χ0v) is 21.1. The highest BCUT2D eigenvalue weighted by molar-refractivity contribution is 6.99. The minimum Gasteiger partial charge on any atom is -0.407 e. The molecule has 166 valence electrons. The maximum absolute atomic E-state index is 6.92. The third kappa shape index (κ3) is 4.90. The van der Waals surface area contributed by atoms with Crippen LogP contribution in [0.15, 0.2) is 72.7 Å². The second-order valence-corrected chi connectivity index (χ2v) is 14.7. The quantitative estimate of drug-likeness (QED) is 0.444. The Kier molecular flexibility index (Phi) is 7.02. The highest BCUT2D eigenvalue weighted by Gasteiger charge is 2.51. The van der Waals surface area contributed by atoms with E-state index in [4.69, 9.17) is 13.7 Å². The Balaban J connectivity index is 1.78. The molecule has 1 fully saturated rings. The van der Waals surface area contributed by atoms with E-state index in [1.54, 1.807) is 0 Å². The summed E-state index contributed by atoms with van der Waals surface area (Å²) in [5.41, 5.74) is -0.624. The van der Waals surface area contributed by atoms with Gasteiger partial charge in [-0.25, -0.2) is 0 Å².